The Balaban J connectivity index is 2.04. The van der Waals surface area contributed by atoms with Gasteiger partial charge >= 0.3 is 5.97 Å². The molecule has 20 heavy (non-hydrogen) atoms. The molecular formula is C16H23NO3. The standard InChI is InChI=1S/C16H23NO3/c1-2-19-15-10-12(9-13(17)11-15)16(18)20-14-7-5-3-4-6-8-14/h9-11,14H,2-8,17H2,1H3. The van der Waals surface area contributed by atoms with Crippen LogP contribution in [0.2, 0.25) is 0 Å². The molecule has 0 heterocycles. The predicted octanol–water partition coefficient (Wildman–Crippen LogP) is 3.55. The lowest BCUT2D eigenvalue weighted by atomic mass is 10.1. The third-order valence-corrected chi connectivity index (χ3v) is 3.55. The van der Waals surface area contributed by atoms with Crippen molar-refractivity contribution in [3.8, 4) is 5.75 Å². The van der Waals surface area contributed by atoms with E-state index >= 15 is 0 Å². The Morgan fingerprint density at radius 3 is 2.55 bits per heavy atom. The molecular weight excluding hydrogens is 254 g/mol. The maximum absolute atomic E-state index is 12.2. The van der Waals surface area contributed by atoms with Crippen LogP contribution < -0.4 is 10.5 Å². The van der Waals surface area contributed by atoms with Crippen molar-refractivity contribution in [2.24, 2.45) is 0 Å². The quantitative estimate of drug-likeness (QED) is 0.519. The highest BCUT2D eigenvalue weighted by atomic mass is 16.5. The third kappa shape index (κ3) is 4.15. The maximum atomic E-state index is 12.2. The molecule has 0 aliphatic heterocycles. The number of esters is 1. The zero-order chi connectivity index (χ0) is 14.4. The van der Waals surface area contributed by atoms with Crippen LogP contribution in [0.15, 0.2) is 18.2 Å². The summed E-state index contributed by atoms with van der Waals surface area (Å²) in [7, 11) is 0. The van der Waals surface area contributed by atoms with Crippen LogP contribution in [0.4, 0.5) is 5.69 Å². The average molecular weight is 277 g/mol. The largest absolute Gasteiger partial charge is 0.494 e. The number of hydrogen-bond donors (Lipinski definition) is 1. The van der Waals surface area contributed by atoms with Gasteiger partial charge in [0, 0.05) is 11.8 Å². The van der Waals surface area contributed by atoms with E-state index in [1.54, 1.807) is 18.2 Å². The van der Waals surface area contributed by atoms with Crippen molar-refractivity contribution in [1.82, 2.24) is 0 Å². The first-order valence-corrected chi connectivity index (χ1v) is 7.43. The highest BCUT2D eigenvalue weighted by Crippen LogP contribution is 2.23. The molecule has 0 aromatic heterocycles. The van der Waals surface area contributed by atoms with Gasteiger partial charge in [0.2, 0.25) is 0 Å². The molecule has 0 saturated heterocycles. The number of carbonyl (C=O) groups is 1. The minimum absolute atomic E-state index is 0.0435. The van der Waals surface area contributed by atoms with E-state index in [-0.39, 0.29) is 12.1 Å². The molecule has 110 valence electrons. The maximum Gasteiger partial charge on any atom is 0.338 e. The molecule has 0 radical (unpaired) electrons. The van der Waals surface area contributed by atoms with Crippen LogP contribution in [0.5, 0.6) is 5.75 Å². The number of benzene rings is 1. The summed E-state index contributed by atoms with van der Waals surface area (Å²) in [5.41, 5.74) is 6.79. The summed E-state index contributed by atoms with van der Waals surface area (Å²) >= 11 is 0. The molecule has 4 nitrogen and oxygen atoms in total. The number of nitrogen functional groups attached to an aromatic ring is 1. The van der Waals surface area contributed by atoms with E-state index in [1.165, 1.54) is 12.8 Å². The van der Waals surface area contributed by atoms with Crippen LogP contribution in [-0.4, -0.2) is 18.7 Å². The zero-order valence-corrected chi connectivity index (χ0v) is 12.1. The fraction of sp³-hybridized carbons (Fsp3) is 0.562. The first kappa shape index (κ1) is 14.7. The van der Waals surface area contributed by atoms with Crippen LogP contribution in [-0.2, 0) is 4.74 Å². The van der Waals surface area contributed by atoms with Crippen molar-refractivity contribution in [2.45, 2.75) is 51.6 Å². The Morgan fingerprint density at radius 2 is 1.90 bits per heavy atom. The van der Waals surface area contributed by atoms with E-state index in [0.29, 0.717) is 23.6 Å². The van der Waals surface area contributed by atoms with E-state index in [2.05, 4.69) is 0 Å². The molecule has 0 spiro atoms. The molecule has 1 fully saturated rings. The average Bonchev–Trinajstić information content (AvgIpc) is 2.67. The SMILES string of the molecule is CCOc1cc(N)cc(C(=O)OC2CCCCCC2)c1. The first-order chi connectivity index (χ1) is 9.69. The molecule has 4 heteroatoms. The highest BCUT2D eigenvalue weighted by molar-refractivity contribution is 5.91. The van der Waals surface area contributed by atoms with Gasteiger partial charge in [0.05, 0.1) is 12.2 Å². The van der Waals surface area contributed by atoms with Crippen molar-refractivity contribution in [3.05, 3.63) is 23.8 Å². The van der Waals surface area contributed by atoms with Gasteiger partial charge in [0.1, 0.15) is 11.9 Å². The fourth-order valence-electron chi connectivity index (χ4n) is 2.57. The number of nitrogens with two attached hydrogens (primary N) is 1. The molecule has 0 bridgehead atoms. The smallest absolute Gasteiger partial charge is 0.338 e. The Bertz CT molecular complexity index is 451. The summed E-state index contributed by atoms with van der Waals surface area (Å²) in [6.45, 7) is 2.44. The highest BCUT2D eigenvalue weighted by Gasteiger charge is 2.18. The van der Waals surface area contributed by atoms with Crippen molar-refractivity contribution in [1.29, 1.82) is 0 Å². The minimum Gasteiger partial charge on any atom is -0.494 e. The lowest BCUT2D eigenvalue weighted by Crippen LogP contribution is -2.17. The topological polar surface area (TPSA) is 61.5 Å². The van der Waals surface area contributed by atoms with E-state index in [4.69, 9.17) is 15.2 Å². The van der Waals surface area contributed by atoms with Crippen LogP contribution >= 0.6 is 0 Å². The second kappa shape index (κ2) is 7.17. The Labute approximate surface area is 120 Å². The molecule has 1 aliphatic carbocycles. The molecule has 2 rings (SSSR count). The lowest BCUT2D eigenvalue weighted by Gasteiger charge is -2.16. The summed E-state index contributed by atoms with van der Waals surface area (Å²) < 4.78 is 11.0. The third-order valence-electron chi connectivity index (χ3n) is 3.55. The van der Waals surface area contributed by atoms with E-state index < -0.39 is 0 Å². The number of anilines is 1. The Hall–Kier alpha value is -1.71. The van der Waals surface area contributed by atoms with E-state index in [1.807, 2.05) is 6.92 Å². The summed E-state index contributed by atoms with van der Waals surface area (Å²) in [6.07, 6.45) is 6.72. The van der Waals surface area contributed by atoms with E-state index in [9.17, 15) is 4.79 Å². The molecule has 0 unspecified atom stereocenters. The number of hydrogen-bond acceptors (Lipinski definition) is 4. The van der Waals surface area contributed by atoms with Gasteiger partial charge in [-0.3, -0.25) is 0 Å². The van der Waals surface area contributed by atoms with Gasteiger partial charge in [-0.05, 0) is 44.7 Å². The van der Waals surface area contributed by atoms with Gasteiger partial charge in [0.15, 0.2) is 0 Å². The predicted molar refractivity (Wildman–Crippen MR) is 78.9 cm³/mol. The fourth-order valence-corrected chi connectivity index (χ4v) is 2.57. The van der Waals surface area contributed by atoms with Gasteiger partial charge in [-0.15, -0.1) is 0 Å². The molecule has 2 N–H and O–H groups in total. The lowest BCUT2D eigenvalue weighted by molar-refractivity contribution is 0.0267. The summed E-state index contributed by atoms with van der Waals surface area (Å²) in [4.78, 5) is 12.2. The first-order valence-electron chi connectivity index (χ1n) is 7.43. The number of carbonyl (C=O) groups excluding carboxylic acids is 1. The molecule has 1 aromatic rings. The zero-order valence-electron chi connectivity index (χ0n) is 12.1. The Morgan fingerprint density at radius 1 is 1.20 bits per heavy atom. The van der Waals surface area contributed by atoms with Crippen molar-refractivity contribution in [2.75, 3.05) is 12.3 Å². The summed E-state index contributed by atoms with van der Waals surface area (Å²) in [6, 6.07) is 5.05. The van der Waals surface area contributed by atoms with Crippen LogP contribution in [0.1, 0.15) is 55.8 Å². The van der Waals surface area contributed by atoms with Crippen molar-refractivity contribution >= 4 is 11.7 Å². The second-order valence-electron chi connectivity index (χ2n) is 5.24. The van der Waals surface area contributed by atoms with E-state index in [0.717, 1.165) is 25.7 Å². The van der Waals surface area contributed by atoms with Gasteiger partial charge in [-0.2, -0.15) is 0 Å². The van der Waals surface area contributed by atoms with Gasteiger partial charge in [-0.1, -0.05) is 12.8 Å². The van der Waals surface area contributed by atoms with Crippen LogP contribution in [0.25, 0.3) is 0 Å². The molecule has 1 saturated carbocycles. The number of ether oxygens (including phenoxy) is 2. The summed E-state index contributed by atoms with van der Waals surface area (Å²) in [5.74, 6) is 0.311. The van der Waals surface area contributed by atoms with Gasteiger partial charge in [-0.25, -0.2) is 4.79 Å². The van der Waals surface area contributed by atoms with Gasteiger partial charge < -0.3 is 15.2 Å². The normalized spacial score (nSPS) is 16.4. The number of rotatable bonds is 4. The van der Waals surface area contributed by atoms with Crippen LogP contribution in [0, 0.1) is 0 Å². The Kier molecular flexibility index (Phi) is 5.27. The molecule has 1 aromatic carbocycles. The molecule has 1 aliphatic rings. The second-order valence-corrected chi connectivity index (χ2v) is 5.24. The van der Waals surface area contributed by atoms with Crippen LogP contribution in [0.3, 0.4) is 0 Å². The summed E-state index contributed by atoms with van der Waals surface area (Å²) in [5, 5.41) is 0. The molecule has 0 atom stereocenters. The van der Waals surface area contributed by atoms with Gasteiger partial charge in [0.25, 0.3) is 0 Å². The van der Waals surface area contributed by atoms with Crippen molar-refractivity contribution < 1.29 is 14.3 Å². The molecule has 0 amide bonds. The minimum atomic E-state index is -0.301. The monoisotopic (exact) mass is 277 g/mol. The van der Waals surface area contributed by atoms with Crippen molar-refractivity contribution in [3.63, 3.8) is 0 Å².